The summed E-state index contributed by atoms with van der Waals surface area (Å²) >= 11 is 0. The molecule has 0 bridgehead atoms. The zero-order valence-corrected chi connectivity index (χ0v) is 12.5. The number of hydrogen-bond acceptors (Lipinski definition) is 2. The van der Waals surface area contributed by atoms with Crippen LogP contribution in [0.25, 0.3) is 11.0 Å². The molecule has 3 N–H and O–H groups in total. The third kappa shape index (κ3) is 3.51. The van der Waals surface area contributed by atoms with E-state index in [0.717, 1.165) is 23.3 Å². The Kier molecular flexibility index (Phi) is 6.02. The highest BCUT2D eigenvalue weighted by atomic mass is 35.5. The van der Waals surface area contributed by atoms with E-state index in [-0.39, 0.29) is 30.9 Å². The third-order valence-corrected chi connectivity index (χ3v) is 3.06. The Hall–Kier alpha value is -1.55. The monoisotopic (exact) mass is 309 g/mol. The molecule has 1 heterocycles. The number of nitrogens with one attached hydrogen (secondary N) is 1. The molecule has 0 radical (unpaired) electrons. The zero-order valence-electron chi connectivity index (χ0n) is 10.8. The van der Waals surface area contributed by atoms with Crippen LogP contribution in [-0.2, 0) is 6.42 Å². The van der Waals surface area contributed by atoms with Crippen LogP contribution in [0.4, 0.5) is 0 Å². The number of hydrogen-bond donors (Lipinski definition) is 2. The second-order valence-electron chi connectivity index (χ2n) is 4.44. The Morgan fingerprint density at radius 3 is 2.30 bits per heavy atom. The Morgan fingerprint density at radius 1 is 0.950 bits per heavy atom. The normalized spacial score (nSPS) is 11.4. The van der Waals surface area contributed by atoms with Gasteiger partial charge in [-0.15, -0.1) is 24.8 Å². The van der Waals surface area contributed by atoms with Gasteiger partial charge in [0, 0.05) is 0 Å². The van der Waals surface area contributed by atoms with Gasteiger partial charge in [0.1, 0.15) is 5.82 Å². The van der Waals surface area contributed by atoms with Gasteiger partial charge >= 0.3 is 0 Å². The van der Waals surface area contributed by atoms with Crippen LogP contribution in [0.2, 0.25) is 0 Å². The van der Waals surface area contributed by atoms with Gasteiger partial charge in [0.2, 0.25) is 0 Å². The van der Waals surface area contributed by atoms with Crippen molar-refractivity contribution >= 4 is 35.8 Å². The Morgan fingerprint density at radius 2 is 1.60 bits per heavy atom. The average Bonchev–Trinajstić information content (AvgIpc) is 2.84. The minimum absolute atomic E-state index is 0. The minimum atomic E-state index is -0.0974. The molecule has 3 nitrogen and oxygen atoms in total. The van der Waals surface area contributed by atoms with Crippen molar-refractivity contribution in [3.63, 3.8) is 0 Å². The van der Waals surface area contributed by atoms with Crippen LogP contribution in [0.15, 0.2) is 54.6 Å². The first-order valence-corrected chi connectivity index (χ1v) is 6.07. The van der Waals surface area contributed by atoms with Gasteiger partial charge in [-0.1, -0.05) is 42.5 Å². The largest absolute Gasteiger partial charge is 0.341 e. The fraction of sp³-hybridized carbons (Fsp3) is 0.133. The van der Waals surface area contributed by atoms with Crippen molar-refractivity contribution in [2.45, 2.75) is 12.5 Å². The maximum atomic E-state index is 6.20. The number of halogens is 2. The topological polar surface area (TPSA) is 54.7 Å². The first-order chi connectivity index (χ1) is 8.83. The van der Waals surface area contributed by atoms with E-state index in [2.05, 4.69) is 22.1 Å². The number of imidazole rings is 1. The summed E-state index contributed by atoms with van der Waals surface area (Å²) in [4.78, 5) is 7.81. The van der Waals surface area contributed by atoms with Crippen LogP contribution in [0.5, 0.6) is 0 Å². The van der Waals surface area contributed by atoms with Crippen molar-refractivity contribution in [2.24, 2.45) is 5.73 Å². The molecule has 0 fully saturated rings. The second-order valence-corrected chi connectivity index (χ2v) is 4.44. The summed E-state index contributed by atoms with van der Waals surface area (Å²) in [5.74, 6) is 0.847. The van der Waals surface area contributed by atoms with Crippen LogP contribution in [-0.4, -0.2) is 9.97 Å². The van der Waals surface area contributed by atoms with Gasteiger partial charge < -0.3 is 10.7 Å². The lowest BCUT2D eigenvalue weighted by molar-refractivity contribution is 0.680. The lowest BCUT2D eigenvalue weighted by Gasteiger charge is -2.08. The molecule has 0 aliphatic rings. The van der Waals surface area contributed by atoms with Crippen LogP contribution >= 0.6 is 24.8 Å². The van der Waals surface area contributed by atoms with E-state index in [4.69, 9.17) is 5.73 Å². The molecule has 3 aromatic rings. The van der Waals surface area contributed by atoms with Crippen LogP contribution in [0.1, 0.15) is 17.4 Å². The first kappa shape index (κ1) is 16.5. The van der Waals surface area contributed by atoms with E-state index in [1.165, 1.54) is 5.56 Å². The number of para-hydroxylation sites is 2. The fourth-order valence-corrected chi connectivity index (χ4v) is 2.11. The number of fused-ring (bicyclic) bond motifs is 1. The quantitative estimate of drug-likeness (QED) is 0.776. The fourth-order valence-electron chi connectivity index (χ4n) is 2.11. The number of aromatic amines is 1. The molecular formula is C15H17Cl2N3. The van der Waals surface area contributed by atoms with Gasteiger partial charge in [0.25, 0.3) is 0 Å². The Balaban J connectivity index is 0.000001000. The van der Waals surface area contributed by atoms with E-state index < -0.39 is 0 Å². The summed E-state index contributed by atoms with van der Waals surface area (Å²) in [5, 5.41) is 0. The van der Waals surface area contributed by atoms with E-state index in [1.54, 1.807) is 0 Å². The predicted octanol–water partition coefficient (Wildman–Crippen LogP) is 3.65. The number of aromatic nitrogens is 2. The second kappa shape index (κ2) is 7.29. The molecule has 0 unspecified atom stereocenters. The number of nitrogens with two attached hydrogens (primary N) is 1. The molecule has 3 rings (SSSR count). The summed E-state index contributed by atoms with van der Waals surface area (Å²) in [7, 11) is 0. The molecule has 0 saturated carbocycles. The van der Waals surface area contributed by atoms with Gasteiger partial charge in [-0.25, -0.2) is 4.98 Å². The number of benzene rings is 2. The van der Waals surface area contributed by atoms with Crippen molar-refractivity contribution in [3.8, 4) is 0 Å². The summed E-state index contributed by atoms with van der Waals surface area (Å²) in [6, 6.07) is 18.1. The molecule has 0 aliphatic carbocycles. The Bertz CT molecular complexity index is 619. The van der Waals surface area contributed by atoms with Gasteiger partial charge in [-0.2, -0.15) is 0 Å². The molecular weight excluding hydrogens is 293 g/mol. The smallest absolute Gasteiger partial charge is 0.124 e. The molecule has 2 aromatic carbocycles. The van der Waals surface area contributed by atoms with Crippen molar-refractivity contribution in [2.75, 3.05) is 0 Å². The number of rotatable bonds is 3. The summed E-state index contributed by atoms with van der Waals surface area (Å²) in [6.45, 7) is 0. The van der Waals surface area contributed by atoms with Crippen LogP contribution < -0.4 is 5.73 Å². The minimum Gasteiger partial charge on any atom is -0.341 e. The molecule has 0 aliphatic heterocycles. The SMILES string of the molecule is Cl.Cl.N[C@@H](Cc1ccccc1)c1nc2ccccc2[nH]1. The highest BCUT2D eigenvalue weighted by Crippen LogP contribution is 2.17. The van der Waals surface area contributed by atoms with Crippen LogP contribution in [0.3, 0.4) is 0 Å². The zero-order chi connectivity index (χ0) is 12.4. The molecule has 106 valence electrons. The van der Waals surface area contributed by atoms with E-state index in [9.17, 15) is 0 Å². The molecule has 0 saturated heterocycles. The highest BCUT2D eigenvalue weighted by molar-refractivity contribution is 5.85. The number of H-pyrrole nitrogens is 1. The van der Waals surface area contributed by atoms with Gasteiger partial charge in [0.15, 0.2) is 0 Å². The highest BCUT2D eigenvalue weighted by Gasteiger charge is 2.11. The standard InChI is InChI=1S/C15H15N3.2ClH/c16-12(10-11-6-2-1-3-7-11)15-17-13-8-4-5-9-14(13)18-15;;/h1-9,12H,10,16H2,(H,17,18);2*1H/t12-;;/m0../s1. The van der Waals surface area contributed by atoms with E-state index >= 15 is 0 Å². The van der Waals surface area contributed by atoms with Crippen molar-refractivity contribution < 1.29 is 0 Å². The van der Waals surface area contributed by atoms with E-state index in [1.807, 2.05) is 42.5 Å². The van der Waals surface area contributed by atoms with Gasteiger partial charge in [-0.05, 0) is 24.1 Å². The number of nitrogens with zero attached hydrogens (tertiary/aromatic N) is 1. The van der Waals surface area contributed by atoms with Crippen LogP contribution in [0, 0.1) is 0 Å². The molecule has 5 heteroatoms. The first-order valence-electron chi connectivity index (χ1n) is 6.07. The molecule has 20 heavy (non-hydrogen) atoms. The molecule has 0 amide bonds. The molecule has 1 aromatic heterocycles. The van der Waals surface area contributed by atoms with Gasteiger partial charge in [-0.3, -0.25) is 0 Å². The summed E-state index contributed by atoms with van der Waals surface area (Å²) < 4.78 is 0. The van der Waals surface area contributed by atoms with Crippen molar-refractivity contribution in [1.29, 1.82) is 0 Å². The maximum Gasteiger partial charge on any atom is 0.124 e. The summed E-state index contributed by atoms with van der Waals surface area (Å²) in [6.07, 6.45) is 0.792. The van der Waals surface area contributed by atoms with E-state index in [0.29, 0.717) is 0 Å². The third-order valence-electron chi connectivity index (χ3n) is 3.06. The van der Waals surface area contributed by atoms with Crippen molar-refractivity contribution in [3.05, 3.63) is 66.0 Å². The Labute approximate surface area is 130 Å². The maximum absolute atomic E-state index is 6.20. The summed E-state index contributed by atoms with van der Waals surface area (Å²) in [5.41, 5.74) is 9.43. The lowest BCUT2D eigenvalue weighted by Crippen LogP contribution is -2.14. The molecule has 1 atom stereocenters. The predicted molar refractivity (Wildman–Crippen MR) is 87.7 cm³/mol. The lowest BCUT2D eigenvalue weighted by atomic mass is 10.1. The van der Waals surface area contributed by atoms with Gasteiger partial charge in [0.05, 0.1) is 17.1 Å². The average molecular weight is 310 g/mol. The molecule has 0 spiro atoms. The van der Waals surface area contributed by atoms with Crippen molar-refractivity contribution in [1.82, 2.24) is 9.97 Å².